The average Bonchev–Trinajstić information content (AvgIpc) is 3.14. The van der Waals surface area contributed by atoms with Crippen LogP contribution in [0.3, 0.4) is 0 Å². The minimum atomic E-state index is -2.39. The first-order valence-electron chi connectivity index (χ1n) is 16.3. The average molecular weight is 769 g/mol. The summed E-state index contributed by atoms with van der Waals surface area (Å²) in [6.07, 6.45) is 4.53. The number of hydrogen-bond acceptors (Lipinski definition) is 0. The van der Waals surface area contributed by atoms with Crippen LogP contribution >= 0.6 is 46.4 Å². The number of halogens is 2. The van der Waals surface area contributed by atoms with Gasteiger partial charge in [-0.15, -0.1) is 0 Å². The third kappa shape index (κ3) is 6.61. The van der Waals surface area contributed by atoms with Gasteiger partial charge in [0.2, 0.25) is 0 Å². The van der Waals surface area contributed by atoms with Crippen molar-refractivity contribution in [1.82, 2.24) is 0 Å². The number of benzene rings is 6. The van der Waals surface area contributed by atoms with Gasteiger partial charge in [0.1, 0.15) is 0 Å². The fourth-order valence-electron chi connectivity index (χ4n) is 7.37. The van der Waals surface area contributed by atoms with Crippen LogP contribution in [-0.4, -0.2) is 9.14 Å². The molecule has 4 heteroatoms. The second-order valence-electron chi connectivity index (χ2n) is 12.0. The Morgan fingerprint density at radius 3 is 0.652 bits per heavy atom. The standard InChI is InChI=1S/C42H42Br2P2/c43-41(45(35-21-7-1-8-22-35,36-23-9-2-10-24-36)37-25-11-3-12-26-37)33-19-20-34-42(44)46(38-27-13-4-14-28-38,39-29-15-5-16-30-39)40-31-17-6-18-32-40/h1-18,21-32,41-42,45-46H,19-20,33-34H2. The number of rotatable bonds is 13. The van der Waals surface area contributed by atoms with Crippen LogP contribution in [0, 0.1) is 0 Å². The first-order chi connectivity index (χ1) is 22.7. The van der Waals surface area contributed by atoms with E-state index in [1.165, 1.54) is 31.8 Å². The fraction of sp³-hybridized carbons (Fsp3) is 0.143. The van der Waals surface area contributed by atoms with Crippen molar-refractivity contribution in [2.75, 3.05) is 0 Å². The van der Waals surface area contributed by atoms with Crippen molar-refractivity contribution in [3.8, 4) is 0 Å². The Morgan fingerprint density at radius 2 is 0.478 bits per heavy atom. The molecule has 0 aliphatic rings. The molecule has 0 bridgehead atoms. The molecule has 0 fully saturated rings. The zero-order valence-corrected chi connectivity index (χ0v) is 31.2. The fourth-order valence-corrected chi connectivity index (χ4v) is 22.5. The second kappa shape index (κ2) is 15.8. The molecule has 6 rings (SSSR count). The van der Waals surface area contributed by atoms with Crippen LogP contribution in [-0.2, 0) is 0 Å². The van der Waals surface area contributed by atoms with Gasteiger partial charge in [0, 0.05) is 0 Å². The molecular weight excluding hydrogens is 726 g/mol. The maximum absolute atomic E-state index is 4.39. The zero-order valence-electron chi connectivity index (χ0n) is 26.1. The minimum absolute atomic E-state index is 0.348. The van der Waals surface area contributed by atoms with Gasteiger partial charge in [-0.05, 0) is 0 Å². The van der Waals surface area contributed by atoms with E-state index in [0.29, 0.717) is 9.14 Å². The summed E-state index contributed by atoms with van der Waals surface area (Å²) in [5.41, 5.74) is 0. The van der Waals surface area contributed by atoms with Gasteiger partial charge in [-0.25, -0.2) is 0 Å². The molecule has 6 aromatic carbocycles. The van der Waals surface area contributed by atoms with Gasteiger partial charge < -0.3 is 0 Å². The molecule has 0 N–H and O–H groups in total. The van der Waals surface area contributed by atoms with Crippen LogP contribution in [0.25, 0.3) is 0 Å². The zero-order chi connectivity index (χ0) is 31.7. The Kier molecular flexibility index (Phi) is 11.4. The summed E-state index contributed by atoms with van der Waals surface area (Å²) in [5.74, 6) is 0. The Labute approximate surface area is 293 Å². The molecule has 0 aliphatic carbocycles. The van der Waals surface area contributed by atoms with Gasteiger partial charge in [-0.2, -0.15) is 0 Å². The van der Waals surface area contributed by atoms with Crippen molar-refractivity contribution in [3.05, 3.63) is 182 Å². The normalized spacial score (nSPS) is 13.9. The van der Waals surface area contributed by atoms with Crippen molar-refractivity contribution in [1.29, 1.82) is 0 Å². The summed E-state index contributed by atoms with van der Waals surface area (Å²) in [6, 6.07) is 67.6. The van der Waals surface area contributed by atoms with Crippen LogP contribution in [0.1, 0.15) is 25.7 Å². The van der Waals surface area contributed by atoms with Gasteiger partial charge in [0.15, 0.2) is 0 Å². The molecule has 0 saturated heterocycles. The summed E-state index contributed by atoms with van der Waals surface area (Å²) in [6.45, 7) is 0. The van der Waals surface area contributed by atoms with Crippen LogP contribution < -0.4 is 31.8 Å². The van der Waals surface area contributed by atoms with Crippen molar-refractivity contribution >= 4 is 78.2 Å². The van der Waals surface area contributed by atoms with Crippen LogP contribution in [0.5, 0.6) is 0 Å². The molecule has 0 aromatic heterocycles. The van der Waals surface area contributed by atoms with Crippen LogP contribution in [0.2, 0.25) is 0 Å². The van der Waals surface area contributed by atoms with Gasteiger partial charge in [0.25, 0.3) is 0 Å². The van der Waals surface area contributed by atoms with E-state index >= 15 is 0 Å². The molecule has 0 nitrogen and oxygen atoms in total. The van der Waals surface area contributed by atoms with E-state index < -0.39 is 14.5 Å². The Balaban J connectivity index is 1.31. The second-order valence-corrected chi connectivity index (χ2v) is 24.0. The third-order valence-corrected chi connectivity index (χ3v) is 24.4. The van der Waals surface area contributed by atoms with Gasteiger partial charge >= 0.3 is 295 Å². The molecule has 0 radical (unpaired) electrons. The van der Waals surface area contributed by atoms with Gasteiger partial charge in [-0.3, -0.25) is 0 Å². The van der Waals surface area contributed by atoms with E-state index in [0.717, 1.165) is 25.7 Å². The van der Waals surface area contributed by atoms with Crippen molar-refractivity contribution in [2.45, 2.75) is 34.8 Å². The maximum atomic E-state index is 4.39. The predicted molar refractivity (Wildman–Crippen MR) is 217 cm³/mol. The molecule has 2 unspecified atom stereocenters. The first kappa shape index (κ1) is 33.1. The number of hydrogen-bond donors (Lipinski definition) is 0. The summed E-state index contributed by atoms with van der Waals surface area (Å²) >= 11 is 8.77. The van der Waals surface area contributed by atoms with Gasteiger partial charge in [-0.1, -0.05) is 0 Å². The van der Waals surface area contributed by atoms with E-state index in [9.17, 15) is 0 Å². The molecule has 0 amide bonds. The Hall–Kier alpha value is -2.86. The van der Waals surface area contributed by atoms with E-state index in [-0.39, 0.29) is 0 Å². The molecule has 2 atom stereocenters. The van der Waals surface area contributed by atoms with Crippen LogP contribution in [0.15, 0.2) is 182 Å². The summed E-state index contributed by atoms with van der Waals surface area (Å²) in [5, 5.41) is 8.73. The summed E-state index contributed by atoms with van der Waals surface area (Å²) < 4.78 is 0.695. The third-order valence-electron chi connectivity index (χ3n) is 9.48. The van der Waals surface area contributed by atoms with Crippen molar-refractivity contribution in [2.24, 2.45) is 0 Å². The predicted octanol–water partition coefficient (Wildman–Crippen LogP) is 9.44. The summed E-state index contributed by atoms with van der Waals surface area (Å²) in [4.78, 5) is 0. The van der Waals surface area contributed by atoms with E-state index in [2.05, 4.69) is 214 Å². The van der Waals surface area contributed by atoms with Crippen LogP contribution in [0.4, 0.5) is 0 Å². The SMILES string of the molecule is BrC(CCCCC(Br)[PH](c1ccccc1)(c1ccccc1)c1ccccc1)[PH](c1ccccc1)(c1ccccc1)c1ccccc1. The number of unbranched alkanes of at least 4 members (excludes halogenated alkanes) is 1. The first-order valence-corrected chi connectivity index (χ1v) is 22.3. The topological polar surface area (TPSA) is 0 Å². The van der Waals surface area contributed by atoms with E-state index in [1.54, 1.807) is 0 Å². The van der Waals surface area contributed by atoms with Crippen molar-refractivity contribution < 1.29 is 0 Å². The monoisotopic (exact) mass is 766 g/mol. The Morgan fingerprint density at radius 1 is 0.304 bits per heavy atom. The molecule has 0 saturated carbocycles. The molecule has 0 aliphatic heterocycles. The van der Waals surface area contributed by atoms with E-state index in [4.69, 9.17) is 0 Å². The molecule has 46 heavy (non-hydrogen) atoms. The molecule has 0 heterocycles. The molecule has 0 spiro atoms. The summed E-state index contributed by atoms with van der Waals surface area (Å²) in [7, 11) is -4.77. The Bertz CT molecular complexity index is 1420. The van der Waals surface area contributed by atoms with Crippen molar-refractivity contribution in [3.63, 3.8) is 0 Å². The molecular formula is C42H42Br2P2. The molecule has 234 valence electrons. The van der Waals surface area contributed by atoms with Gasteiger partial charge in [0.05, 0.1) is 0 Å². The molecule has 6 aromatic rings. The number of alkyl halides is 2. The quantitative estimate of drug-likeness (QED) is 0.0625. The van der Waals surface area contributed by atoms with E-state index in [1.807, 2.05) is 0 Å².